The van der Waals surface area contributed by atoms with Gasteiger partial charge in [-0.3, -0.25) is 4.79 Å². The quantitative estimate of drug-likeness (QED) is 0.488. The fraction of sp³-hybridized carbons (Fsp3) is 0.900. The third kappa shape index (κ3) is 6.58. The van der Waals surface area contributed by atoms with Crippen LogP contribution in [0.25, 0.3) is 0 Å². The van der Waals surface area contributed by atoms with E-state index in [1.54, 1.807) is 0 Å². The SMILES string of the molecule is CCC(=O)NCCC[N+](C)(C)CC. The molecule has 0 aliphatic rings. The summed E-state index contributed by atoms with van der Waals surface area (Å²) in [6, 6.07) is 0. The van der Waals surface area contributed by atoms with Crippen molar-refractivity contribution in [1.29, 1.82) is 0 Å². The molecule has 0 aromatic carbocycles. The van der Waals surface area contributed by atoms with Gasteiger partial charge in [0, 0.05) is 19.4 Å². The van der Waals surface area contributed by atoms with Crippen LogP contribution in [0.15, 0.2) is 0 Å². The standard InChI is InChI=1S/C10H22N2O/c1-5-10(13)11-8-7-9-12(3,4)6-2/h5-9H2,1-4H3/p+1. The van der Waals surface area contributed by atoms with Crippen LogP contribution in [-0.2, 0) is 4.79 Å². The van der Waals surface area contributed by atoms with Crippen molar-refractivity contribution < 1.29 is 9.28 Å². The number of amides is 1. The van der Waals surface area contributed by atoms with Crippen LogP contribution >= 0.6 is 0 Å². The van der Waals surface area contributed by atoms with Gasteiger partial charge in [0.25, 0.3) is 0 Å². The predicted octanol–water partition coefficient (Wildman–Crippen LogP) is 0.999. The third-order valence-corrected chi connectivity index (χ3v) is 2.44. The van der Waals surface area contributed by atoms with Crippen LogP contribution < -0.4 is 5.32 Å². The Morgan fingerprint density at radius 1 is 1.31 bits per heavy atom. The highest BCUT2D eigenvalue weighted by molar-refractivity contribution is 5.75. The third-order valence-electron chi connectivity index (χ3n) is 2.44. The zero-order valence-electron chi connectivity index (χ0n) is 9.39. The average molecular weight is 187 g/mol. The molecule has 0 saturated carbocycles. The van der Waals surface area contributed by atoms with Gasteiger partial charge in [0.2, 0.25) is 5.91 Å². The highest BCUT2D eigenvalue weighted by atomic mass is 16.1. The Morgan fingerprint density at radius 3 is 2.38 bits per heavy atom. The number of carbonyl (C=O) groups excluding carboxylic acids is 1. The lowest BCUT2D eigenvalue weighted by Gasteiger charge is -2.28. The van der Waals surface area contributed by atoms with Crippen LogP contribution in [0.4, 0.5) is 0 Å². The molecule has 78 valence electrons. The topological polar surface area (TPSA) is 29.1 Å². The average Bonchev–Trinajstić information content (AvgIpc) is 2.12. The molecule has 0 aliphatic heterocycles. The van der Waals surface area contributed by atoms with Gasteiger partial charge < -0.3 is 9.80 Å². The maximum Gasteiger partial charge on any atom is 0.219 e. The minimum Gasteiger partial charge on any atom is -0.356 e. The maximum atomic E-state index is 10.9. The molecule has 0 rings (SSSR count). The molecule has 0 saturated heterocycles. The molecule has 0 bridgehead atoms. The van der Waals surface area contributed by atoms with Gasteiger partial charge in [-0.25, -0.2) is 0 Å². The zero-order chi connectivity index (χ0) is 10.3. The summed E-state index contributed by atoms with van der Waals surface area (Å²) in [5.74, 6) is 0.154. The van der Waals surface area contributed by atoms with E-state index in [2.05, 4.69) is 26.3 Å². The van der Waals surface area contributed by atoms with Crippen LogP contribution in [0.2, 0.25) is 0 Å². The molecule has 0 aromatic heterocycles. The van der Waals surface area contributed by atoms with E-state index in [0.29, 0.717) is 6.42 Å². The molecule has 0 heterocycles. The van der Waals surface area contributed by atoms with Crippen LogP contribution in [-0.4, -0.2) is 44.1 Å². The summed E-state index contributed by atoms with van der Waals surface area (Å²) in [6.07, 6.45) is 1.65. The second-order valence-corrected chi connectivity index (χ2v) is 4.03. The van der Waals surface area contributed by atoms with Crippen molar-refractivity contribution in [2.45, 2.75) is 26.7 Å². The van der Waals surface area contributed by atoms with E-state index >= 15 is 0 Å². The van der Waals surface area contributed by atoms with Crippen molar-refractivity contribution in [3.63, 3.8) is 0 Å². The molecule has 0 radical (unpaired) electrons. The first kappa shape index (κ1) is 12.4. The zero-order valence-corrected chi connectivity index (χ0v) is 9.39. The molecule has 0 spiro atoms. The van der Waals surface area contributed by atoms with E-state index in [9.17, 15) is 4.79 Å². The lowest BCUT2D eigenvalue weighted by atomic mass is 10.3. The molecule has 3 nitrogen and oxygen atoms in total. The number of rotatable bonds is 6. The molecule has 1 N–H and O–H groups in total. The Bertz CT molecular complexity index is 155. The monoisotopic (exact) mass is 187 g/mol. The van der Waals surface area contributed by atoms with Gasteiger partial charge in [0.05, 0.1) is 27.2 Å². The molecule has 3 heteroatoms. The normalized spacial score (nSPS) is 11.4. The fourth-order valence-corrected chi connectivity index (χ4v) is 1.02. The van der Waals surface area contributed by atoms with Gasteiger partial charge in [-0.05, 0) is 6.92 Å². The molecular weight excluding hydrogens is 164 g/mol. The summed E-state index contributed by atoms with van der Waals surface area (Å²) in [5, 5.41) is 2.88. The minimum atomic E-state index is 0.154. The summed E-state index contributed by atoms with van der Waals surface area (Å²) in [4.78, 5) is 10.9. The van der Waals surface area contributed by atoms with Crippen LogP contribution in [0.1, 0.15) is 26.7 Å². The van der Waals surface area contributed by atoms with Crippen molar-refractivity contribution >= 4 is 5.91 Å². The smallest absolute Gasteiger partial charge is 0.219 e. The highest BCUT2D eigenvalue weighted by Crippen LogP contribution is 1.96. The number of carbonyl (C=O) groups is 1. The molecule has 1 amide bonds. The summed E-state index contributed by atoms with van der Waals surface area (Å²) >= 11 is 0. The first-order chi connectivity index (χ1) is 6.02. The Hall–Kier alpha value is -0.570. The summed E-state index contributed by atoms with van der Waals surface area (Å²) < 4.78 is 1.03. The van der Waals surface area contributed by atoms with Crippen molar-refractivity contribution in [3.05, 3.63) is 0 Å². The fourth-order valence-electron chi connectivity index (χ4n) is 1.02. The molecule has 0 aliphatic carbocycles. The van der Waals surface area contributed by atoms with Gasteiger partial charge in [-0.1, -0.05) is 6.92 Å². The predicted molar refractivity (Wildman–Crippen MR) is 55.4 cm³/mol. The van der Waals surface area contributed by atoms with Gasteiger partial charge in [-0.15, -0.1) is 0 Å². The van der Waals surface area contributed by atoms with Gasteiger partial charge in [0.1, 0.15) is 0 Å². The number of hydrogen-bond donors (Lipinski definition) is 1. The van der Waals surface area contributed by atoms with Crippen molar-refractivity contribution in [3.8, 4) is 0 Å². The lowest BCUT2D eigenvalue weighted by Crippen LogP contribution is -2.41. The summed E-state index contributed by atoms with van der Waals surface area (Å²) in [5.41, 5.74) is 0. The molecule has 0 aromatic rings. The van der Waals surface area contributed by atoms with Gasteiger partial charge in [-0.2, -0.15) is 0 Å². The second-order valence-electron chi connectivity index (χ2n) is 4.03. The van der Waals surface area contributed by atoms with Gasteiger partial charge in [0.15, 0.2) is 0 Å². The van der Waals surface area contributed by atoms with Crippen molar-refractivity contribution in [1.82, 2.24) is 5.32 Å². The number of nitrogens with one attached hydrogen (secondary N) is 1. The first-order valence-electron chi connectivity index (χ1n) is 5.10. The van der Waals surface area contributed by atoms with Crippen LogP contribution in [0.3, 0.4) is 0 Å². The maximum absolute atomic E-state index is 10.9. The number of nitrogens with zero attached hydrogens (tertiary/aromatic N) is 1. The largest absolute Gasteiger partial charge is 0.356 e. The van der Waals surface area contributed by atoms with E-state index in [1.807, 2.05) is 6.92 Å². The first-order valence-corrected chi connectivity index (χ1v) is 5.10. The van der Waals surface area contributed by atoms with Crippen LogP contribution in [0, 0.1) is 0 Å². The number of hydrogen-bond acceptors (Lipinski definition) is 1. The van der Waals surface area contributed by atoms with E-state index in [4.69, 9.17) is 0 Å². The highest BCUT2D eigenvalue weighted by Gasteiger charge is 2.10. The molecule has 13 heavy (non-hydrogen) atoms. The van der Waals surface area contributed by atoms with E-state index in [1.165, 1.54) is 0 Å². The summed E-state index contributed by atoms with van der Waals surface area (Å²) in [6.45, 7) is 7.14. The number of quaternary nitrogens is 1. The van der Waals surface area contributed by atoms with Crippen molar-refractivity contribution in [2.24, 2.45) is 0 Å². The van der Waals surface area contributed by atoms with Crippen LogP contribution in [0.5, 0.6) is 0 Å². The minimum absolute atomic E-state index is 0.154. The Labute approximate surface area is 81.7 Å². The van der Waals surface area contributed by atoms with Crippen molar-refractivity contribution in [2.75, 3.05) is 33.7 Å². The second kappa shape index (κ2) is 5.97. The Kier molecular flexibility index (Phi) is 5.71. The summed E-state index contributed by atoms with van der Waals surface area (Å²) in [7, 11) is 4.42. The van der Waals surface area contributed by atoms with E-state index in [-0.39, 0.29) is 5.91 Å². The molecule has 0 unspecified atom stereocenters. The Morgan fingerprint density at radius 2 is 1.92 bits per heavy atom. The molecule has 0 atom stereocenters. The van der Waals surface area contributed by atoms with E-state index < -0.39 is 0 Å². The van der Waals surface area contributed by atoms with E-state index in [0.717, 1.165) is 30.5 Å². The molecule has 0 fully saturated rings. The lowest BCUT2D eigenvalue weighted by molar-refractivity contribution is -0.888. The molecular formula is C10H23N2O+. The Balaban J connectivity index is 3.41. The van der Waals surface area contributed by atoms with Gasteiger partial charge >= 0.3 is 0 Å².